The SMILES string of the molecule is Cn1ncc2ccc(CN(c3ncc(C(F)(F)F)cc3Cl)S(=O)(=O)c3ccc(C(=O)O)cc3)cc21. The average molecular weight is 525 g/mol. The van der Waals surface area contributed by atoms with E-state index in [4.69, 9.17) is 16.7 Å². The first-order valence-electron chi connectivity index (χ1n) is 9.87. The molecule has 8 nitrogen and oxygen atoms in total. The van der Waals surface area contributed by atoms with Crippen molar-refractivity contribution in [2.75, 3.05) is 4.31 Å². The lowest BCUT2D eigenvalue weighted by molar-refractivity contribution is -0.137. The van der Waals surface area contributed by atoms with Crippen molar-refractivity contribution in [2.24, 2.45) is 7.05 Å². The number of benzene rings is 2. The second-order valence-electron chi connectivity index (χ2n) is 7.53. The van der Waals surface area contributed by atoms with Crippen molar-refractivity contribution < 1.29 is 31.5 Å². The molecule has 2 aromatic carbocycles. The van der Waals surface area contributed by atoms with Crippen LogP contribution in [0.25, 0.3) is 10.9 Å². The van der Waals surface area contributed by atoms with Crippen molar-refractivity contribution in [3.8, 4) is 0 Å². The number of halogens is 4. The average Bonchev–Trinajstić information content (AvgIpc) is 3.17. The Morgan fingerprint density at radius 2 is 1.80 bits per heavy atom. The van der Waals surface area contributed by atoms with Crippen LogP contribution in [-0.2, 0) is 29.8 Å². The monoisotopic (exact) mass is 524 g/mol. The van der Waals surface area contributed by atoms with Gasteiger partial charge in [0.15, 0.2) is 5.82 Å². The fourth-order valence-corrected chi connectivity index (χ4v) is 5.14. The number of carboxylic acid groups (broad SMARTS) is 1. The van der Waals surface area contributed by atoms with Crippen LogP contribution >= 0.6 is 11.6 Å². The third-order valence-electron chi connectivity index (χ3n) is 5.21. The first-order valence-corrected chi connectivity index (χ1v) is 11.7. The molecule has 0 spiro atoms. The van der Waals surface area contributed by atoms with Gasteiger partial charge in [0.1, 0.15) is 0 Å². The number of anilines is 1. The van der Waals surface area contributed by atoms with Crippen molar-refractivity contribution in [3.05, 3.63) is 82.6 Å². The third kappa shape index (κ3) is 4.80. The maximum Gasteiger partial charge on any atom is 0.417 e. The van der Waals surface area contributed by atoms with Gasteiger partial charge >= 0.3 is 12.1 Å². The van der Waals surface area contributed by atoms with Gasteiger partial charge in [0.2, 0.25) is 0 Å². The molecule has 0 saturated carbocycles. The van der Waals surface area contributed by atoms with E-state index < -0.39 is 38.6 Å². The summed E-state index contributed by atoms with van der Waals surface area (Å²) in [7, 11) is -2.72. The van der Waals surface area contributed by atoms with E-state index in [1.54, 1.807) is 36.1 Å². The number of aryl methyl sites for hydroxylation is 1. The molecule has 182 valence electrons. The summed E-state index contributed by atoms with van der Waals surface area (Å²) in [5.41, 5.74) is -0.0738. The normalized spacial score (nSPS) is 12.1. The Morgan fingerprint density at radius 1 is 1.11 bits per heavy atom. The molecule has 0 atom stereocenters. The van der Waals surface area contributed by atoms with Crippen molar-refractivity contribution in [1.82, 2.24) is 14.8 Å². The number of carboxylic acids is 1. The molecule has 13 heteroatoms. The Bertz CT molecular complexity index is 1540. The Hall–Kier alpha value is -3.64. The van der Waals surface area contributed by atoms with Gasteiger partial charge < -0.3 is 5.11 Å². The Balaban J connectivity index is 1.84. The van der Waals surface area contributed by atoms with Gasteiger partial charge in [-0.15, -0.1) is 0 Å². The number of fused-ring (bicyclic) bond motifs is 1. The molecule has 0 saturated heterocycles. The van der Waals surface area contributed by atoms with Gasteiger partial charge in [0.25, 0.3) is 10.0 Å². The summed E-state index contributed by atoms with van der Waals surface area (Å²) in [5.74, 6) is -1.66. The third-order valence-corrected chi connectivity index (χ3v) is 7.24. The highest BCUT2D eigenvalue weighted by Crippen LogP contribution is 2.36. The number of nitrogens with zero attached hydrogens (tertiary/aromatic N) is 4. The first kappa shape index (κ1) is 24.5. The predicted octanol–water partition coefficient (Wildman–Crippen LogP) is 4.73. The van der Waals surface area contributed by atoms with Gasteiger partial charge in [-0.2, -0.15) is 18.3 Å². The quantitative estimate of drug-likeness (QED) is 0.391. The van der Waals surface area contributed by atoms with E-state index in [2.05, 4.69) is 10.1 Å². The summed E-state index contributed by atoms with van der Waals surface area (Å²) < 4.78 is 68.9. The molecular weight excluding hydrogens is 509 g/mol. The standard InChI is InChI=1S/C22H16ClF3N4O4S/c1-29-19-8-13(2-3-15(19)10-28-29)12-30(20-18(23)9-16(11-27-20)22(24,25)26)35(33,34)17-6-4-14(5-7-17)21(31)32/h2-11H,12H2,1H3,(H,31,32). The lowest BCUT2D eigenvalue weighted by Gasteiger charge is -2.25. The van der Waals surface area contributed by atoms with Crippen molar-refractivity contribution in [2.45, 2.75) is 17.6 Å². The molecule has 0 fully saturated rings. The topological polar surface area (TPSA) is 105 Å². The molecule has 4 rings (SSSR count). The van der Waals surface area contributed by atoms with Crippen molar-refractivity contribution in [1.29, 1.82) is 0 Å². The molecule has 0 bridgehead atoms. The lowest BCUT2D eigenvalue weighted by Crippen LogP contribution is -2.32. The van der Waals surface area contributed by atoms with Crippen LogP contribution in [0.15, 0.2) is 65.8 Å². The number of hydrogen-bond donors (Lipinski definition) is 1. The summed E-state index contributed by atoms with van der Waals surface area (Å²) in [4.78, 5) is 14.6. The van der Waals surface area contributed by atoms with E-state index >= 15 is 0 Å². The molecule has 35 heavy (non-hydrogen) atoms. The van der Waals surface area contributed by atoms with E-state index in [0.717, 1.165) is 34.0 Å². The zero-order valence-electron chi connectivity index (χ0n) is 17.9. The Kier molecular flexibility index (Phi) is 6.20. The largest absolute Gasteiger partial charge is 0.478 e. The van der Waals surface area contributed by atoms with Gasteiger partial charge in [-0.1, -0.05) is 23.7 Å². The van der Waals surface area contributed by atoms with Crippen molar-refractivity contribution in [3.63, 3.8) is 0 Å². The number of aromatic nitrogens is 3. The van der Waals surface area contributed by atoms with Crippen LogP contribution in [-0.4, -0.2) is 34.3 Å². The first-order chi connectivity index (χ1) is 16.4. The van der Waals surface area contributed by atoms with Gasteiger partial charge in [-0.25, -0.2) is 22.5 Å². The molecule has 0 aliphatic rings. The molecule has 2 aromatic heterocycles. The predicted molar refractivity (Wildman–Crippen MR) is 122 cm³/mol. The highest BCUT2D eigenvalue weighted by Gasteiger charge is 2.34. The zero-order valence-corrected chi connectivity index (χ0v) is 19.4. The number of aromatic carboxylic acids is 1. The smallest absolute Gasteiger partial charge is 0.417 e. The highest BCUT2D eigenvalue weighted by atomic mass is 35.5. The minimum atomic E-state index is -4.73. The zero-order chi connectivity index (χ0) is 25.5. The van der Waals surface area contributed by atoms with Crippen LogP contribution in [0, 0.1) is 0 Å². The summed E-state index contributed by atoms with van der Waals surface area (Å²) in [6.45, 7) is -0.317. The van der Waals surface area contributed by atoms with Gasteiger partial charge in [-0.05, 0) is 42.0 Å². The lowest BCUT2D eigenvalue weighted by atomic mass is 10.1. The highest BCUT2D eigenvalue weighted by molar-refractivity contribution is 7.92. The summed E-state index contributed by atoms with van der Waals surface area (Å²) in [6, 6.07) is 10.1. The van der Waals surface area contributed by atoms with Crippen molar-refractivity contribution >= 4 is 44.3 Å². The van der Waals surface area contributed by atoms with Crippen LogP contribution < -0.4 is 4.31 Å². The maximum absolute atomic E-state index is 13.6. The Morgan fingerprint density at radius 3 is 2.40 bits per heavy atom. The minimum absolute atomic E-state index is 0.136. The Labute approximate surface area is 202 Å². The molecule has 0 aliphatic heterocycles. The molecule has 2 heterocycles. The molecule has 0 amide bonds. The summed E-state index contributed by atoms with van der Waals surface area (Å²) in [5, 5.41) is 13.5. The van der Waals surface area contributed by atoms with E-state index in [1.807, 2.05) is 0 Å². The molecular formula is C22H16ClF3N4O4S. The van der Waals surface area contributed by atoms with Crippen LogP contribution in [0.5, 0.6) is 0 Å². The van der Waals surface area contributed by atoms with E-state index in [-0.39, 0.29) is 17.0 Å². The molecule has 0 aliphatic carbocycles. The summed E-state index contributed by atoms with van der Waals surface area (Å²) in [6.07, 6.45) is -2.59. The van der Waals surface area contributed by atoms with E-state index in [1.165, 1.54) is 0 Å². The minimum Gasteiger partial charge on any atom is -0.478 e. The number of sulfonamides is 1. The summed E-state index contributed by atoms with van der Waals surface area (Å²) >= 11 is 6.10. The molecule has 4 aromatic rings. The van der Waals surface area contributed by atoms with Gasteiger partial charge in [-0.3, -0.25) is 4.68 Å². The molecule has 1 N–H and O–H groups in total. The molecule has 0 unspecified atom stereocenters. The maximum atomic E-state index is 13.6. The number of rotatable bonds is 6. The number of carbonyl (C=O) groups is 1. The molecule has 0 radical (unpaired) electrons. The van der Waals surface area contributed by atoms with Gasteiger partial charge in [0, 0.05) is 18.6 Å². The van der Waals surface area contributed by atoms with Crippen LogP contribution in [0.1, 0.15) is 21.5 Å². The fourth-order valence-electron chi connectivity index (χ4n) is 3.39. The number of pyridine rings is 1. The van der Waals surface area contributed by atoms with Gasteiger partial charge in [0.05, 0.1) is 39.3 Å². The van der Waals surface area contributed by atoms with Crippen LogP contribution in [0.2, 0.25) is 5.02 Å². The fraction of sp³-hybridized carbons (Fsp3) is 0.136. The van der Waals surface area contributed by atoms with Crippen LogP contribution in [0.3, 0.4) is 0 Å². The van der Waals surface area contributed by atoms with Crippen LogP contribution in [0.4, 0.5) is 19.0 Å². The number of hydrogen-bond acceptors (Lipinski definition) is 5. The number of alkyl halides is 3. The second-order valence-corrected chi connectivity index (χ2v) is 9.80. The van der Waals surface area contributed by atoms with E-state index in [9.17, 15) is 26.4 Å². The van der Waals surface area contributed by atoms with E-state index in [0.29, 0.717) is 23.3 Å². The second kappa shape index (κ2) is 8.86.